The van der Waals surface area contributed by atoms with Gasteiger partial charge in [0.05, 0.1) is 17.9 Å². The molecule has 1 aromatic rings. The number of methoxy groups -OCH3 is 1. The normalized spacial score (nSPS) is 15.9. The lowest BCUT2D eigenvalue weighted by molar-refractivity contribution is 0.202. The Kier molecular flexibility index (Phi) is 4.44. The second-order valence-corrected chi connectivity index (χ2v) is 5.35. The van der Waals surface area contributed by atoms with Crippen molar-refractivity contribution in [2.45, 2.75) is 32.7 Å². The molecule has 1 unspecified atom stereocenters. The summed E-state index contributed by atoms with van der Waals surface area (Å²) < 4.78 is 5.23. The molecule has 0 amide bonds. The number of benzene rings is 1. The van der Waals surface area contributed by atoms with Crippen LogP contribution < -0.4 is 4.90 Å². The van der Waals surface area contributed by atoms with E-state index in [-0.39, 0.29) is 0 Å². The quantitative estimate of drug-likeness (QED) is 0.786. The van der Waals surface area contributed by atoms with E-state index in [0.717, 1.165) is 23.7 Å². The van der Waals surface area contributed by atoms with Gasteiger partial charge in [-0.05, 0) is 44.2 Å². The van der Waals surface area contributed by atoms with Gasteiger partial charge in [0.1, 0.15) is 6.07 Å². The molecule has 1 atom stereocenters. The fourth-order valence-electron chi connectivity index (χ4n) is 2.67. The van der Waals surface area contributed by atoms with Crippen LogP contribution in [0.2, 0.25) is 0 Å². The van der Waals surface area contributed by atoms with Gasteiger partial charge in [0, 0.05) is 19.7 Å². The molecule has 2 rings (SSSR count). The molecule has 3 heteroatoms. The fourth-order valence-corrected chi connectivity index (χ4v) is 2.67. The Morgan fingerprint density at radius 2 is 2.21 bits per heavy atom. The van der Waals surface area contributed by atoms with Gasteiger partial charge in [0.25, 0.3) is 0 Å². The molecule has 1 saturated carbocycles. The molecule has 1 aliphatic rings. The highest BCUT2D eigenvalue weighted by Gasteiger charge is 2.33. The van der Waals surface area contributed by atoms with E-state index in [1.165, 1.54) is 18.4 Å². The van der Waals surface area contributed by atoms with Crippen LogP contribution >= 0.6 is 0 Å². The Bertz CT molecular complexity index is 474. The number of para-hydroxylation sites is 1. The Balaban J connectivity index is 2.33. The summed E-state index contributed by atoms with van der Waals surface area (Å²) in [6.45, 7) is 5.88. The van der Waals surface area contributed by atoms with Gasteiger partial charge in [-0.25, -0.2) is 0 Å². The average Bonchev–Trinajstić information content (AvgIpc) is 3.24. The molecule has 1 aromatic carbocycles. The molecule has 0 saturated heterocycles. The van der Waals surface area contributed by atoms with Crippen molar-refractivity contribution in [2.24, 2.45) is 5.92 Å². The van der Waals surface area contributed by atoms with Crippen LogP contribution in [0.15, 0.2) is 18.2 Å². The summed E-state index contributed by atoms with van der Waals surface area (Å²) in [5.41, 5.74) is 3.02. The zero-order chi connectivity index (χ0) is 13.8. The van der Waals surface area contributed by atoms with Crippen molar-refractivity contribution >= 4 is 5.69 Å². The lowest BCUT2D eigenvalue weighted by atomic mass is 10.0. The number of nitrogens with zero attached hydrogens (tertiary/aromatic N) is 2. The van der Waals surface area contributed by atoms with E-state index in [4.69, 9.17) is 4.74 Å². The number of anilines is 1. The van der Waals surface area contributed by atoms with Gasteiger partial charge in [-0.3, -0.25) is 0 Å². The maximum absolute atomic E-state index is 9.35. The van der Waals surface area contributed by atoms with E-state index < -0.39 is 0 Å². The van der Waals surface area contributed by atoms with Gasteiger partial charge in [0.15, 0.2) is 0 Å². The van der Waals surface area contributed by atoms with Crippen molar-refractivity contribution < 1.29 is 4.74 Å². The van der Waals surface area contributed by atoms with E-state index in [9.17, 15) is 5.26 Å². The Labute approximate surface area is 115 Å². The van der Waals surface area contributed by atoms with Crippen LogP contribution in [0.25, 0.3) is 0 Å². The minimum Gasteiger partial charge on any atom is -0.383 e. The Morgan fingerprint density at radius 3 is 2.79 bits per heavy atom. The molecule has 0 N–H and O–H groups in total. The summed E-state index contributed by atoms with van der Waals surface area (Å²) in [7, 11) is 1.73. The summed E-state index contributed by atoms with van der Waals surface area (Å²) in [4.78, 5) is 2.36. The molecule has 102 valence electrons. The van der Waals surface area contributed by atoms with Gasteiger partial charge in [-0.2, -0.15) is 5.26 Å². The molecule has 0 aromatic heterocycles. The van der Waals surface area contributed by atoms with Crippen LogP contribution in [-0.2, 0) is 4.74 Å². The first-order chi connectivity index (χ1) is 9.19. The highest BCUT2D eigenvalue weighted by molar-refractivity contribution is 5.64. The van der Waals surface area contributed by atoms with Crippen molar-refractivity contribution in [3.63, 3.8) is 0 Å². The lowest BCUT2D eigenvalue weighted by Gasteiger charge is -2.33. The molecule has 0 spiro atoms. The number of hydrogen-bond donors (Lipinski definition) is 0. The van der Waals surface area contributed by atoms with Crippen LogP contribution in [-0.4, -0.2) is 26.3 Å². The zero-order valence-corrected chi connectivity index (χ0v) is 12.0. The smallest absolute Gasteiger partial charge is 0.101 e. The summed E-state index contributed by atoms with van der Waals surface area (Å²) in [5.74, 6) is 0.767. The third-order valence-electron chi connectivity index (χ3n) is 3.98. The summed E-state index contributed by atoms with van der Waals surface area (Å²) in [6, 6.07) is 8.74. The second-order valence-electron chi connectivity index (χ2n) is 5.35. The number of rotatable bonds is 6. The standard InChI is InChI=1S/C16H22N2O/c1-12-5-4-6-15(11-17)16(12)18(9-10-19-3)13(2)14-7-8-14/h4-6,13-14H,7-10H2,1-3H3. The highest BCUT2D eigenvalue weighted by atomic mass is 16.5. The molecule has 1 fully saturated rings. The van der Waals surface area contributed by atoms with Crippen LogP contribution in [0.3, 0.4) is 0 Å². The van der Waals surface area contributed by atoms with E-state index in [0.29, 0.717) is 12.6 Å². The molecule has 3 nitrogen and oxygen atoms in total. The first-order valence-electron chi connectivity index (χ1n) is 6.94. The van der Waals surface area contributed by atoms with Crippen molar-refractivity contribution in [2.75, 3.05) is 25.2 Å². The van der Waals surface area contributed by atoms with E-state index >= 15 is 0 Å². The molecule has 0 radical (unpaired) electrons. The molecule has 0 aliphatic heterocycles. The van der Waals surface area contributed by atoms with Gasteiger partial charge in [-0.1, -0.05) is 12.1 Å². The number of hydrogen-bond acceptors (Lipinski definition) is 3. The first kappa shape index (κ1) is 13.9. The van der Waals surface area contributed by atoms with E-state index in [1.54, 1.807) is 7.11 Å². The summed E-state index contributed by atoms with van der Waals surface area (Å²) >= 11 is 0. The van der Waals surface area contributed by atoms with Crippen LogP contribution in [0.4, 0.5) is 5.69 Å². The van der Waals surface area contributed by atoms with Crippen molar-refractivity contribution in [1.82, 2.24) is 0 Å². The molecule has 1 aliphatic carbocycles. The van der Waals surface area contributed by atoms with Gasteiger partial charge < -0.3 is 9.64 Å². The Hall–Kier alpha value is -1.53. The first-order valence-corrected chi connectivity index (χ1v) is 6.94. The topological polar surface area (TPSA) is 36.3 Å². The predicted molar refractivity (Wildman–Crippen MR) is 77.3 cm³/mol. The summed E-state index contributed by atoms with van der Waals surface area (Å²) in [5, 5.41) is 9.35. The van der Waals surface area contributed by atoms with Crippen molar-refractivity contribution in [1.29, 1.82) is 5.26 Å². The van der Waals surface area contributed by atoms with E-state index in [1.807, 2.05) is 12.1 Å². The largest absolute Gasteiger partial charge is 0.383 e. The van der Waals surface area contributed by atoms with E-state index in [2.05, 4.69) is 30.9 Å². The molecule has 0 bridgehead atoms. The molecular formula is C16H22N2O. The van der Waals surface area contributed by atoms with Crippen LogP contribution in [0.1, 0.15) is 30.9 Å². The van der Waals surface area contributed by atoms with Crippen LogP contribution in [0.5, 0.6) is 0 Å². The zero-order valence-electron chi connectivity index (χ0n) is 12.0. The maximum Gasteiger partial charge on any atom is 0.101 e. The number of nitriles is 1. The molecular weight excluding hydrogens is 236 g/mol. The maximum atomic E-state index is 9.35. The van der Waals surface area contributed by atoms with Crippen LogP contribution in [0, 0.1) is 24.2 Å². The average molecular weight is 258 g/mol. The highest BCUT2D eigenvalue weighted by Crippen LogP contribution is 2.38. The monoisotopic (exact) mass is 258 g/mol. The van der Waals surface area contributed by atoms with Gasteiger partial charge in [-0.15, -0.1) is 0 Å². The lowest BCUT2D eigenvalue weighted by Crippen LogP contribution is -2.38. The third kappa shape index (κ3) is 3.08. The van der Waals surface area contributed by atoms with Gasteiger partial charge in [0.2, 0.25) is 0 Å². The number of aryl methyl sites for hydroxylation is 1. The second kappa shape index (κ2) is 6.08. The minimum atomic E-state index is 0.475. The van der Waals surface area contributed by atoms with Gasteiger partial charge >= 0.3 is 0 Å². The predicted octanol–water partition coefficient (Wildman–Crippen LogP) is 3.12. The summed E-state index contributed by atoms with van der Waals surface area (Å²) in [6.07, 6.45) is 2.61. The van der Waals surface area contributed by atoms with Crippen molar-refractivity contribution in [3.8, 4) is 6.07 Å². The number of ether oxygens (including phenoxy) is 1. The SMILES string of the molecule is COCCN(c1c(C)cccc1C#N)C(C)C1CC1. The molecule has 19 heavy (non-hydrogen) atoms. The van der Waals surface area contributed by atoms with Crippen molar-refractivity contribution in [3.05, 3.63) is 29.3 Å². The minimum absolute atomic E-state index is 0.475. The third-order valence-corrected chi connectivity index (χ3v) is 3.98. The Morgan fingerprint density at radius 1 is 1.47 bits per heavy atom. The fraction of sp³-hybridized carbons (Fsp3) is 0.562. The molecule has 0 heterocycles.